The first kappa shape index (κ1) is 10.0. The van der Waals surface area contributed by atoms with Crippen LogP contribution in [0.25, 0.3) is 0 Å². The monoisotopic (exact) mass is 219 g/mol. The Morgan fingerprint density at radius 1 is 1.44 bits per heavy atom. The summed E-state index contributed by atoms with van der Waals surface area (Å²) >= 11 is 0. The number of aromatic nitrogens is 2. The number of rotatable bonds is 2. The topological polar surface area (TPSA) is 38.1 Å². The Balaban J connectivity index is 1.82. The molecule has 0 bridgehead atoms. The molecule has 3 rings (SSSR count). The van der Waals surface area contributed by atoms with Gasteiger partial charge in [-0.05, 0) is 31.9 Å². The molecule has 4 heteroatoms. The van der Waals surface area contributed by atoms with E-state index in [1.54, 1.807) is 10.7 Å². The zero-order valence-electron chi connectivity index (χ0n) is 9.65. The number of aryl methyl sites for hydroxylation is 2. The molecule has 1 aromatic heterocycles. The fraction of sp³-hybridized carbons (Fsp3) is 0.667. The summed E-state index contributed by atoms with van der Waals surface area (Å²) in [4.78, 5) is 14.1. The first-order chi connectivity index (χ1) is 7.72. The largest absolute Gasteiger partial charge is 0.306 e. The minimum Gasteiger partial charge on any atom is -0.306 e. The lowest BCUT2D eigenvalue weighted by molar-refractivity contribution is 0.114. The van der Waals surface area contributed by atoms with Crippen LogP contribution in [0.5, 0.6) is 0 Å². The summed E-state index contributed by atoms with van der Waals surface area (Å²) < 4.78 is 1.67. The normalized spacial score (nSPS) is 20.8. The van der Waals surface area contributed by atoms with Gasteiger partial charge >= 0.3 is 0 Å². The number of hydrogen-bond donors (Lipinski definition) is 0. The number of likely N-dealkylation sites (tertiary alicyclic amines) is 1. The van der Waals surface area contributed by atoms with Gasteiger partial charge in [0.05, 0.1) is 12.2 Å². The van der Waals surface area contributed by atoms with Crippen LogP contribution in [0.1, 0.15) is 17.7 Å². The van der Waals surface area contributed by atoms with E-state index in [2.05, 4.69) is 17.0 Å². The molecule has 16 heavy (non-hydrogen) atoms. The molecule has 0 N–H and O–H groups in total. The van der Waals surface area contributed by atoms with E-state index in [9.17, 15) is 4.79 Å². The molecule has 0 radical (unpaired) electrons. The van der Waals surface area contributed by atoms with E-state index in [-0.39, 0.29) is 5.56 Å². The quantitative estimate of drug-likeness (QED) is 0.717. The Labute approximate surface area is 94.9 Å². The molecular formula is C12H17N3O. The van der Waals surface area contributed by atoms with Gasteiger partial charge in [0.25, 0.3) is 5.56 Å². The maximum Gasteiger partial charge on any atom is 0.267 e. The third-order valence-electron chi connectivity index (χ3n) is 3.59. The highest BCUT2D eigenvalue weighted by Gasteiger charge is 2.24. The summed E-state index contributed by atoms with van der Waals surface area (Å²) in [6.07, 6.45) is 3.22. The highest BCUT2D eigenvalue weighted by atomic mass is 16.1. The Kier molecular flexibility index (Phi) is 2.32. The predicted molar refractivity (Wildman–Crippen MR) is 61.5 cm³/mol. The standard InChI is InChI=1S/C12H17N3O/c1-14-6-9(7-14)8-15-12(16)5-10-3-2-4-11(10)13-15/h5,9H,2-4,6-8H2,1H3. The van der Waals surface area contributed by atoms with Crippen LogP contribution in [0.15, 0.2) is 10.9 Å². The van der Waals surface area contributed by atoms with Crippen LogP contribution in [0.4, 0.5) is 0 Å². The highest BCUT2D eigenvalue weighted by Crippen LogP contribution is 2.18. The zero-order valence-corrected chi connectivity index (χ0v) is 9.65. The maximum absolute atomic E-state index is 11.8. The van der Waals surface area contributed by atoms with Crippen LogP contribution in [-0.2, 0) is 19.4 Å². The van der Waals surface area contributed by atoms with Crippen LogP contribution < -0.4 is 5.56 Å². The molecular weight excluding hydrogens is 202 g/mol. The van der Waals surface area contributed by atoms with Crippen LogP contribution >= 0.6 is 0 Å². The summed E-state index contributed by atoms with van der Waals surface area (Å²) in [7, 11) is 2.11. The second-order valence-electron chi connectivity index (χ2n) is 5.08. The summed E-state index contributed by atoms with van der Waals surface area (Å²) in [6, 6.07) is 1.79. The molecule has 1 aliphatic carbocycles. The van der Waals surface area contributed by atoms with E-state index in [0.717, 1.165) is 44.6 Å². The minimum atomic E-state index is 0.0789. The van der Waals surface area contributed by atoms with Crippen molar-refractivity contribution in [3.63, 3.8) is 0 Å². The molecule has 0 amide bonds. The van der Waals surface area contributed by atoms with Gasteiger partial charge in [0.15, 0.2) is 0 Å². The fourth-order valence-corrected chi connectivity index (χ4v) is 2.76. The Hall–Kier alpha value is -1.16. The van der Waals surface area contributed by atoms with E-state index in [0.29, 0.717) is 5.92 Å². The summed E-state index contributed by atoms with van der Waals surface area (Å²) in [5, 5.41) is 4.49. The lowest BCUT2D eigenvalue weighted by Crippen LogP contribution is -2.47. The van der Waals surface area contributed by atoms with Gasteiger partial charge in [0.2, 0.25) is 0 Å². The molecule has 2 aliphatic rings. The molecule has 0 aromatic carbocycles. The van der Waals surface area contributed by atoms with Gasteiger partial charge in [-0.15, -0.1) is 0 Å². The number of fused-ring (bicyclic) bond motifs is 1. The van der Waals surface area contributed by atoms with Gasteiger partial charge in [-0.25, -0.2) is 4.68 Å². The van der Waals surface area contributed by atoms with Crippen molar-refractivity contribution in [1.82, 2.24) is 14.7 Å². The molecule has 1 saturated heterocycles. The van der Waals surface area contributed by atoms with Gasteiger partial charge < -0.3 is 4.90 Å². The van der Waals surface area contributed by atoms with Gasteiger partial charge in [-0.3, -0.25) is 4.79 Å². The van der Waals surface area contributed by atoms with Crippen molar-refractivity contribution in [3.8, 4) is 0 Å². The van der Waals surface area contributed by atoms with Crippen molar-refractivity contribution in [3.05, 3.63) is 27.7 Å². The lowest BCUT2D eigenvalue weighted by Gasteiger charge is -2.36. The maximum atomic E-state index is 11.8. The molecule has 86 valence electrons. The van der Waals surface area contributed by atoms with Crippen molar-refractivity contribution < 1.29 is 0 Å². The summed E-state index contributed by atoms with van der Waals surface area (Å²) in [5.41, 5.74) is 2.40. The van der Waals surface area contributed by atoms with Crippen LogP contribution in [0.2, 0.25) is 0 Å². The minimum absolute atomic E-state index is 0.0789. The lowest BCUT2D eigenvalue weighted by atomic mass is 10.0. The summed E-state index contributed by atoms with van der Waals surface area (Å²) in [6.45, 7) is 2.97. The molecule has 0 spiro atoms. The number of nitrogens with zero attached hydrogens (tertiary/aromatic N) is 3. The zero-order chi connectivity index (χ0) is 11.1. The van der Waals surface area contributed by atoms with Crippen molar-refractivity contribution >= 4 is 0 Å². The number of hydrogen-bond acceptors (Lipinski definition) is 3. The van der Waals surface area contributed by atoms with Crippen molar-refractivity contribution in [1.29, 1.82) is 0 Å². The van der Waals surface area contributed by atoms with Gasteiger partial charge in [0, 0.05) is 25.1 Å². The molecule has 2 heterocycles. The summed E-state index contributed by atoms with van der Waals surface area (Å²) in [5.74, 6) is 0.606. The van der Waals surface area contributed by atoms with Crippen molar-refractivity contribution in [2.75, 3.05) is 20.1 Å². The SMILES string of the molecule is CN1CC(Cn2nc3c(cc2=O)CCC3)C1. The third kappa shape index (κ3) is 1.67. The van der Waals surface area contributed by atoms with Gasteiger partial charge in [0.1, 0.15) is 0 Å². The average Bonchev–Trinajstić information content (AvgIpc) is 2.63. The molecule has 1 aromatic rings. The first-order valence-corrected chi connectivity index (χ1v) is 6.01. The van der Waals surface area contributed by atoms with Gasteiger partial charge in [-0.2, -0.15) is 5.10 Å². The molecule has 1 aliphatic heterocycles. The van der Waals surface area contributed by atoms with Crippen LogP contribution in [0.3, 0.4) is 0 Å². The Bertz CT molecular complexity index is 460. The van der Waals surface area contributed by atoms with Crippen LogP contribution in [0, 0.1) is 5.92 Å². The molecule has 1 fully saturated rings. The smallest absolute Gasteiger partial charge is 0.267 e. The fourth-order valence-electron chi connectivity index (χ4n) is 2.76. The molecule has 0 atom stereocenters. The van der Waals surface area contributed by atoms with E-state index < -0.39 is 0 Å². The average molecular weight is 219 g/mol. The van der Waals surface area contributed by atoms with E-state index in [1.807, 2.05) is 0 Å². The second kappa shape index (κ2) is 3.70. The van der Waals surface area contributed by atoms with E-state index in [1.165, 1.54) is 5.56 Å². The third-order valence-corrected chi connectivity index (χ3v) is 3.59. The van der Waals surface area contributed by atoms with Crippen molar-refractivity contribution in [2.24, 2.45) is 5.92 Å². The Morgan fingerprint density at radius 2 is 2.25 bits per heavy atom. The van der Waals surface area contributed by atoms with Crippen LogP contribution in [-0.4, -0.2) is 34.8 Å². The molecule has 0 saturated carbocycles. The first-order valence-electron chi connectivity index (χ1n) is 6.01. The second-order valence-corrected chi connectivity index (χ2v) is 5.08. The van der Waals surface area contributed by atoms with Gasteiger partial charge in [-0.1, -0.05) is 0 Å². The predicted octanol–water partition coefficient (Wildman–Crippen LogP) is 0.294. The molecule has 4 nitrogen and oxygen atoms in total. The van der Waals surface area contributed by atoms with E-state index in [4.69, 9.17) is 0 Å². The highest BCUT2D eigenvalue weighted by molar-refractivity contribution is 5.22. The van der Waals surface area contributed by atoms with Crippen molar-refractivity contribution in [2.45, 2.75) is 25.8 Å². The van der Waals surface area contributed by atoms with E-state index >= 15 is 0 Å². The Morgan fingerprint density at radius 3 is 3.00 bits per heavy atom. The molecule has 0 unspecified atom stereocenters.